The van der Waals surface area contributed by atoms with Crippen molar-refractivity contribution in [2.45, 2.75) is 19.4 Å². The van der Waals surface area contributed by atoms with Gasteiger partial charge in [-0.25, -0.2) is 4.79 Å². The molecule has 0 saturated carbocycles. The lowest BCUT2D eigenvalue weighted by molar-refractivity contribution is -0.136. The molecular formula is C13H17NO2. The molecule has 0 aliphatic carbocycles. The number of carbonyl (C=O) groups excluding carboxylic acids is 1. The molecular weight excluding hydrogens is 202 g/mol. The molecule has 1 atom stereocenters. The summed E-state index contributed by atoms with van der Waals surface area (Å²) in [5.41, 5.74) is 7.62. The SMILES string of the molecule is COC(=O)/C(C)=C\[C@@H](N)Cc1ccccc1. The maximum atomic E-state index is 11.2. The van der Waals surface area contributed by atoms with Crippen LogP contribution in [0.2, 0.25) is 0 Å². The molecule has 1 aromatic rings. The van der Waals surface area contributed by atoms with Crippen LogP contribution in [0.3, 0.4) is 0 Å². The lowest BCUT2D eigenvalue weighted by Crippen LogP contribution is -2.21. The fourth-order valence-electron chi connectivity index (χ4n) is 1.50. The van der Waals surface area contributed by atoms with Crippen LogP contribution in [-0.2, 0) is 16.0 Å². The number of rotatable bonds is 4. The van der Waals surface area contributed by atoms with Gasteiger partial charge < -0.3 is 10.5 Å². The molecule has 0 unspecified atom stereocenters. The van der Waals surface area contributed by atoms with Crippen molar-refractivity contribution in [3.8, 4) is 0 Å². The Balaban J connectivity index is 2.60. The lowest BCUT2D eigenvalue weighted by atomic mass is 10.0. The van der Waals surface area contributed by atoms with Crippen LogP contribution in [0.5, 0.6) is 0 Å². The normalized spacial score (nSPS) is 13.3. The summed E-state index contributed by atoms with van der Waals surface area (Å²) in [5, 5.41) is 0. The lowest BCUT2D eigenvalue weighted by Gasteiger charge is -2.08. The smallest absolute Gasteiger partial charge is 0.333 e. The fraction of sp³-hybridized carbons (Fsp3) is 0.308. The topological polar surface area (TPSA) is 52.3 Å². The zero-order valence-corrected chi connectivity index (χ0v) is 9.64. The van der Waals surface area contributed by atoms with E-state index in [1.54, 1.807) is 13.0 Å². The average Bonchev–Trinajstić information content (AvgIpc) is 2.29. The zero-order chi connectivity index (χ0) is 12.0. The van der Waals surface area contributed by atoms with Gasteiger partial charge in [-0.2, -0.15) is 0 Å². The second kappa shape index (κ2) is 6.08. The van der Waals surface area contributed by atoms with Crippen molar-refractivity contribution < 1.29 is 9.53 Å². The van der Waals surface area contributed by atoms with Crippen molar-refractivity contribution in [2.75, 3.05) is 7.11 Å². The van der Waals surface area contributed by atoms with E-state index in [1.165, 1.54) is 7.11 Å². The van der Waals surface area contributed by atoms with Gasteiger partial charge in [0, 0.05) is 11.6 Å². The monoisotopic (exact) mass is 219 g/mol. The van der Waals surface area contributed by atoms with Gasteiger partial charge in [0.25, 0.3) is 0 Å². The fourth-order valence-corrected chi connectivity index (χ4v) is 1.50. The minimum Gasteiger partial charge on any atom is -0.466 e. The molecule has 0 aliphatic rings. The summed E-state index contributed by atoms with van der Waals surface area (Å²) in [6, 6.07) is 9.77. The van der Waals surface area contributed by atoms with Crippen molar-refractivity contribution in [3.63, 3.8) is 0 Å². The van der Waals surface area contributed by atoms with E-state index in [1.807, 2.05) is 30.3 Å². The zero-order valence-electron chi connectivity index (χ0n) is 9.64. The number of hydrogen-bond acceptors (Lipinski definition) is 3. The Kier molecular flexibility index (Phi) is 4.73. The Hall–Kier alpha value is -1.61. The van der Waals surface area contributed by atoms with Gasteiger partial charge in [0.2, 0.25) is 0 Å². The number of nitrogens with two attached hydrogens (primary N) is 1. The highest BCUT2D eigenvalue weighted by Crippen LogP contribution is 2.05. The minimum absolute atomic E-state index is 0.165. The Morgan fingerprint density at radius 3 is 2.62 bits per heavy atom. The quantitative estimate of drug-likeness (QED) is 0.619. The molecule has 0 spiro atoms. The first-order valence-electron chi connectivity index (χ1n) is 5.19. The average molecular weight is 219 g/mol. The van der Waals surface area contributed by atoms with Crippen LogP contribution < -0.4 is 5.73 Å². The molecule has 0 aliphatic heterocycles. The molecule has 3 nitrogen and oxygen atoms in total. The number of carbonyl (C=O) groups is 1. The molecule has 1 aromatic carbocycles. The first kappa shape index (κ1) is 12.5. The number of hydrogen-bond donors (Lipinski definition) is 1. The summed E-state index contributed by atoms with van der Waals surface area (Å²) in [7, 11) is 1.36. The largest absolute Gasteiger partial charge is 0.466 e. The summed E-state index contributed by atoms with van der Waals surface area (Å²) in [6.45, 7) is 1.71. The van der Waals surface area contributed by atoms with Crippen LogP contribution in [-0.4, -0.2) is 19.1 Å². The number of methoxy groups -OCH3 is 1. The van der Waals surface area contributed by atoms with Crippen LogP contribution >= 0.6 is 0 Å². The van der Waals surface area contributed by atoms with Gasteiger partial charge in [-0.3, -0.25) is 0 Å². The Morgan fingerprint density at radius 2 is 2.06 bits per heavy atom. The highest BCUT2D eigenvalue weighted by atomic mass is 16.5. The molecule has 2 N–H and O–H groups in total. The molecule has 0 saturated heterocycles. The van der Waals surface area contributed by atoms with Crippen LogP contribution in [0.15, 0.2) is 42.0 Å². The van der Waals surface area contributed by atoms with E-state index in [9.17, 15) is 4.79 Å². The number of esters is 1. The molecule has 1 rings (SSSR count). The van der Waals surface area contributed by atoms with E-state index in [0.29, 0.717) is 5.57 Å². The minimum atomic E-state index is -0.330. The summed E-state index contributed by atoms with van der Waals surface area (Å²) >= 11 is 0. The van der Waals surface area contributed by atoms with E-state index in [0.717, 1.165) is 12.0 Å². The van der Waals surface area contributed by atoms with Crippen LogP contribution in [0.4, 0.5) is 0 Å². The van der Waals surface area contributed by atoms with E-state index in [2.05, 4.69) is 4.74 Å². The molecule has 0 heterocycles. The standard InChI is InChI=1S/C13H17NO2/c1-10(13(15)16-2)8-12(14)9-11-6-4-3-5-7-11/h3-8,12H,9,14H2,1-2H3/b10-8-/t12-/m1/s1. The van der Waals surface area contributed by atoms with Gasteiger partial charge in [0.15, 0.2) is 0 Å². The summed E-state index contributed by atoms with van der Waals surface area (Å²) in [5.74, 6) is -0.330. The van der Waals surface area contributed by atoms with Gasteiger partial charge in [-0.15, -0.1) is 0 Å². The van der Waals surface area contributed by atoms with Gasteiger partial charge in [0.1, 0.15) is 0 Å². The maximum Gasteiger partial charge on any atom is 0.333 e. The van der Waals surface area contributed by atoms with Crippen molar-refractivity contribution >= 4 is 5.97 Å². The van der Waals surface area contributed by atoms with Crippen LogP contribution in [0.1, 0.15) is 12.5 Å². The third kappa shape index (κ3) is 3.87. The highest BCUT2D eigenvalue weighted by Gasteiger charge is 2.06. The predicted octanol–water partition coefficient (Wildman–Crippen LogP) is 1.68. The number of ether oxygens (including phenoxy) is 1. The van der Waals surface area contributed by atoms with Gasteiger partial charge in [-0.05, 0) is 18.9 Å². The molecule has 0 fully saturated rings. The molecule has 0 amide bonds. The maximum absolute atomic E-state index is 11.2. The van der Waals surface area contributed by atoms with Crippen molar-refractivity contribution in [1.82, 2.24) is 0 Å². The molecule has 0 aromatic heterocycles. The van der Waals surface area contributed by atoms with Crippen molar-refractivity contribution in [3.05, 3.63) is 47.5 Å². The predicted molar refractivity (Wildman–Crippen MR) is 63.9 cm³/mol. The highest BCUT2D eigenvalue weighted by molar-refractivity contribution is 5.87. The van der Waals surface area contributed by atoms with E-state index >= 15 is 0 Å². The number of benzene rings is 1. The molecule has 3 heteroatoms. The van der Waals surface area contributed by atoms with E-state index in [-0.39, 0.29) is 12.0 Å². The van der Waals surface area contributed by atoms with Gasteiger partial charge in [-0.1, -0.05) is 36.4 Å². The molecule has 86 valence electrons. The Bertz CT molecular complexity index is 371. The summed E-state index contributed by atoms with van der Waals surface area (Å²) in [4.78, 5) is 11.2. The van der Waals surface area contributed by atoms with E-state index in [4.69, 9.17) is 5.73 Å². The molecule has 0 bridgehead atoms. The third-order valence-corrected chi connectivity index (χ3v) is 2.29. The molecule has 0 radical (unpaired) electrons. The van der Waals surface area contributed by atoms with Gasteiger partial charge >= 0.3 is 5.97 Å². The summed E-state index contributed by atoms with van der Waals surface area (Å²) < 4.78 is 4.60. The van der Waals surface area contributed by atoms with Crippen molar-refractivity contribution in [1.29, 1.82) is 0 Å². The van der Waals surface area contributed by atoms with Crippen LogP contribution in [0.25, 0.3) is 0 Å². The van der Waals surface area contributed by atoms with Crippen molar-refractivity contribution in [2.24, 2.45) is 5.73 Å². The summed E-state index contributed by atoms with van der Waals surface area (Å²) in [6.07, 6.45) is 2.45. The van der Waals surface area contributed by atoms with E-state index < -0.39 is 0 Å². The second-order valence-corrected chi connectivity index (χ2v) is 3.69. The van der Waals surface area contributed by atoms with Gasteiger partial charge in [0.05, 0.1) is 7.11 Å². The van der Waals surface area contributed by atoms with Crippen LogP contribution in [0, 0.1) is 0 Å². The third-order valence-electron chi connectivity index (χ3n) is 2.29. The first-order valence-corrected chi connectivity index (χ1v) is 5.19. The Morgan fingerprint density at radius 1 is 1.44 bits per heavy atom. The Labute approximate surface area is 95.9 Å². The second-order valence-electron chi connectivity index (χ2n) is 3.69. The molecule has 16 heavy (non-hydrogen) atoms. The first-order chi connectivity index (χ1) is 7.63.